The van der Waals surface area contributed by atoms with E-state index in [0.29, 0.717) is 6.42 Å². The maximum absolute atomic E-state index is 13.8. The molecule has 0 amide bonds. The van der Waals surface area contributed by atoms with E-state index in [4.69, 9.17) is 9.47 Å². The van der Waals surface area contributed by atoms with E-state index in [1.54, 1.807) is 0 Å². The Morgan fingerprint density at radius 2 is 1.28 bits per heavy atom. The van der Waals surface area contributed by atoms with E-state index in [0.717, 1.165) is 19.3 Å². The number of hydrogen-bond donors (Lipinski definition) is 0. The summed E-state index contributed by atoms with van der Waals surface area (Å²) in [4.78, 5) is 24.3. The first-order valence-corrected chi connectivity index (χ1v) is 14.2. The summed E-state index contributed by atoms with van der Waals surface area (Å²) in [6.07, 6.45) is -9.19. The molecule has 0 aliphatic rings. The average Bonchev–Trinajstić information content (AvgIpc) is 2.93. The average molecular weight is 735 g/mol. The molecule has 0 bridgehead atoms. The number of rotatable bonds is 23. The van der Waals surface area contributed by atoms with E-state index < -0.39 is 85.3 Å². The molecule has 0 N–H and O–H groups in total. The van der Waals surface area contributed by atoms with Gasteiger partial charge in [-0.3, -0.25) is 14.6 Å². The summed E-state index contributed by atoms with van der Waals surface area (Å²) in [7, 11) is 0. The number of ether oxygens (including phenoxy) is 2. The van der Waals surface area contributed by atoms with Crippen LogP contribution < -0.4 is 34.8 Å². The zero-order valence-electron chi connectivity index (χ0n) is 24.8. The standard InChI is InChI=1S/C24H33F13O7S.Na/c1-3-5-10-15(4-2)14-42-17(38)13-16(45-44-43-40)18(39)41-12-9-7-6-8-11-19(25,26)20(27,28)21(29,30)22(31,32)23(33,34)24(35,36)37;/h15-16,40H,3-14H2,1-2H3;/q;+1/p-1. The van der Waals surface area contributed by atoms with Crippen molar-refractivity contribution in [2.45, 2.75) is 119 Å². The van der Waals surface area contributed by atoms with Crippen LogP contribution in [0.4, 0.5) is 57.1 Å². The van der Waals surface area contributed by atoms with Gasteiger partial charge in [-0.15, -0.1) is 0 Å². The van der Waals surface area contributed by atoms with Crippen LogP contribution in [0.5, 0.6) is 0 Å². The molecule has 0 aromatic rings. The Balaban J connectivity index is 0. The molecule has 0 aliphatic carbocycles. The van der Waals surface area contributed by atoms with Gasteiger partial charge in [0.2, 0.25) is 0 Å². The molecule has 0 spiro atoms. The largest absolute Gasteiger partial charge is 1.00 e. The predicted molar refractivity (Wildman–Crippen MR) is 127 cm³/mol. The number of carbonyl (C=O) groups is 2. The van der Waals surface area contributed by atoms with Crippen molar-refractivity contribution in [3.8, 4) is 0 Å². The SMILES string of the molecule is CCCCC(CC)COC(=O)CC(SOO[O-])C(=O)OCCCCCCC(F)(F)C(F)(F)C(F)(F)C(F)(F)C(F)(F)C(F)(F)F.[Na+]. The Bertz CT molecular complexity index is 912. The number of alkyl halides is 13. The Hall–Kier alpha value is -0.740. The molecule has 2 unspecified atom stereocenters. The van der Waals surface area contributed by atoms with Crippen molar-refractivity contribution in [2.75, 3.05) is 13.2 Å². The van der Waals surface area contributed by atoms with Gasteiger partial charge in [0.15, 0.2) is 0 Å². The van der Waals surface area contributed by atoms with Crippen molar-refractivity contribution in [3.05, 3.63) is 0 Å². The molecule has 0 aromatic carbocycles. The van der Waals surface area contributed by atoms with E-state index in [9.17, 15) is 71.9 Å². The number of halogens is 13. The van der Waals surface area contributed by atoms with Gasteiger partial charge in [0.05, 0.1) is 19.6 Å². The Morgan fingerprint density at radius 1 is 0.739 bits per heavy atom. The van der Waals surface area contributed by atoms with Crippen LogP contribution in [0.1, 0.15) is 78.1 Å². The third-order valence-electron chi connectivity index (χ3n) is 6.45. The van der Waals surface area contributed by atoms with Crippen molar-refractivity contribution in [3.63, 3.8) is 0 Å². The van der Waals surface area contributed by atoms with E-state index in [1.165, 1.54) is 0 Å². The van der Waals surface area contributed by atoms with Crippen molar-refractivity contribution in [1.29, 1.82) is 0 Å². The molecule has 0 saturated carbocycles. The molecular formula is C24H32F13NaO7S. The van der Waals surface area contributed by atoms with Crippen LogP contribution in [0, 0.1) is 5.92 Å². The number of unbranched alkanes of at least 4 members (excludes halogenated alkanes) is 4. The molecule has 46 heavy (non-hydrogen) atoms. The molecule has 268 valence electrons. The molecular weight excluding hydrogens is 702 g/mol. The van der Waals surface area contributed by atoms with E-state index in [2.05, 4.69) is 9.37 Å². The van der Waals surface area contributed by atoms with Gasteiger partial charge in [-0.25, -0.2) is 0 Å². The molecule has 0 aromatic heterocycles. The molecule has 0 fully saturated rings. The molecule has 0 radical (unpaired) electrons. The Kier molecular flexibility index (Phi) is 20.7. The second kappa shape index (κ2) is 20.1. The minimum atomic E-state index is -7.95. The fraction of sp³-hybridized carbons (Fsp3) is 0.917. The first-order chi connectivity index (χ1) is 20.5. The van der Waals surface area contributed by atoms with Crippen LogP contribution in [0.3, 0.4) is 0 Å². The maximum atomic E-state index is 13.8. The summed E-state index contributed by atoms with van der Waals surface area (Å²) >= 11 is 0.107. The van der Waals surface area contributed by atoms with Crippen LogP contribution in [0.15, 0.2) is 0 Å². The van der Waals surface area contributed by atoms with Crippen LogP contribution in [-0.2, 0) is 28.4 Å². The summed E-state index contributed by atoms with van der Waals surface area (Å²) in [6.45, 7) is 3.42. The minimum absolute atomic E-state index is 0. The molecule has 0 aliphatic heterocycles. The van der Waals surface area contributed by atoms with Crippen molar-refractivity contribution in [1.82, 2.24) is 0 Å². The smallest absolute Gasteiger partial charge is 0.691 e. The van der Waals surface area contributed by atoms with Crippen LogP contribution >= 0.6 is 12.0 Å². The monoisotopic (exact) mass is 734 g/mol. The summed E-state index contributed by atoms with van der Waals surface area (Å²) in [6, 6.07) is 0. The van der Waals surface area contributed by atoms with Gasteiger partial charge >= 0.3 is 77.3 Å². The minimum Gasteiger partial charge on any atom is -0.691 e. The topological polar surface area (TPSA) is 94.1 Å². The van der Waals surface area contributed by atoms with Crippen LogP contribution in [0.25, 0.3) is 0 Å². The van der Waals surface area contributed by atoms with E-state index >= 15 is 0 Å². The third kappa shape index (κ3) is 12.6. The summed E-state index contributed by atoms with van der Waals surface area (Å²) in [5.74, 6) is -38.9. The van der Waals surface area contributed by atoms with Gasteiger partial charge in [-0.1, -0.05) is 46.0 Å². The number of hydrogen-bond acceptors (Lipinski definition) is 8. The predicted octanol–water partition coefficient (Wildman–Crippen LogP) is 4.61. The Labute approximate surface area is 281 Å². The first kappa shape index (κ1) is 47.4. The molecule has 2 atom stereocenters. The van der Waals surface area contributed by atoms with Crippen LogP contribution in [0.2, 0.25) is 0 Å². The molecule has 7 nitrogen and oxygen atoms in total. The van der Waals surface area contributed by atoms with Crippen molar-refractivity contribution in [2.24, 2.45) is 5.92 Å². The third-order valence-corrected chi connectivity index (χ3v) is 7.17. The second-order valence-corrected chi connectivity index (χ2v) is 10.8. The molecule has 0 saturated heterocycles. The van der Waals surface area contributed by atoms with Gasteiger partial charge in [-0.05, 0) is 25.2 Å². The zero-order valence-corrected chi connectivity index (χ0v) is 27.6. The fourth-order valence-electron chi connectivity index (χ4n) is 3.57. The molecule has 0 heterocycles. The second-order valence-electron chi connectivity index (χ2n) is 9.86. The normalized spacial score (nSPS) is 14.8. The van der Waals surface area contributed by atoms with Gasteiger partial charge in [0.25, 0.3) is 0 Å². The van der Waals surface area contributed by atoms with Gasteiger partial charge in [0.1, 0.15) is 5.25 Å². The van der Waals surface area contributed by atoms with Gasteiger partial charge in [-0.2, -0.15) is 61.4 Å². The first-order valence-electron chi connectivity index (χ1n) is 13.4. The summed E-state index contributed by atoms with van der Waals surface area (Å²) in [5.41, 5.74) is 0. The van der Waals surface area contributed by atoms with Gasteiger partial charge in [0, 0.05) is 18.5 Å². The zero-order chi connectivity index (χ0) is 35.3. The van der Waals surface area contributed by atoms with Crippen molar-refractivity contribution < 1.29 is 120 Å². The maximum Gasteiger partial charge on any atom is 1.00 e. The summed E-state index contributed by atoms with van der Waals surface area (Å²) in [5, 5.41) is 11.8. The van der Waals surface area contributed by atoms with Crippen LogP contribution in [-0.4, -0.2) is 66.2 Å². The quantitative estimate of drug-likeness (QED) is 0.0286. The number of esters is 2. The van der Waals surface area contributed by atoms with Gasteiger partial charge < -0.3 is 14.7 Å². The van der Waals surface area contributed by atoms with E-state index in [1.807, 2.05) is 13.8 Å². The summed E-state index contributed by atoms with van der Waals surface area (Å²) < 4.78 is 185. The fourth-order valence-corrected chi connectivity index (χ4v) is 4.04. The molecule has 22 heteroatoms. The Morgan fingerprint density at radius 3 is 1.78 bits per heavy atom. The number of carbonyl (C=O) groups excluding carboxylic acids is 2. The molecule has 0 rings (SSSR count). The van der Waals surface area contributed by atoms with E-state index in [-0.39, 0.29) is 67.0 Å². The van der Waals surface area contributed by atoms with Crippen molar-refractivity contribution >= 4 is 24.0 Å².